The van der Waals surface area contributed by atoms with Crippen LogP contribution in [-0.4, -0.2) is 13.1 Å². The average molecular weight is 187 g/mol. The number of benzene rings is 1. The van der Waals surface area contributed by atoms with Crippen LogP contribution in [0.2, 0.25) is 0 Å². The molecular formula is C13H17N. The van der Waals surface area contributed by atoms with Gasteiger partial charge in [0.2, 0.25) is 0 Å². The summed E-state index contributed by atoms with van der Waals surface area (Å²) in [5.41, 5.74) is 5.70. The van der Waals surface area contributed by atoms with Gasteiger partial charge in [0.25, 0.3) is 0 Å². The number of nitrogens with one attached hydrogen (secondary N) is 1. The summed E-state index contributed by atoms with van der Waals surface area (Å²) in [7, 11) is 2.01. The van der Waals surface area contributed by atoms with Crippen molar-refractivity contribution < 1.29 is 0 Å². The molecule has 0 radical (unpaired) electrons. The SMILES string of the molecule is CNC(C)C1=CCc2ccc(C)cc21. The number of allylic oxidation sites excluding steroid dienone is 1. The minimum Gasteiger partial charge on any atom is -0.313 e. The minimum absolute atomic E-state index is 0.457. The van der Waals surface area contributed by atoms with Crippen LogP contribution in [0.3, 0.4) is 0 Å². The van der Waals surface area contributed by atoms with E-state index in [4.69, 9.17) is 0 Å². The van der Waals surface area contributed by atoms with Crippen LogP contribution in [0, 0.1) is 6.92 Å². The molecule has 0 amide bonds. The van der Waals surface area contributed by atoms with Crippen LogP contribution in [0.5, 0.6) is 0 Å². The lowest BCUT2D eigenvalue weighted by Crippen LogP contribution is -2.22. The number of hydrogen-bond acceptors (Lipinski definition) is 1. The number of likely N-dealkylation sites (N-methyl/N-ethyl adjacent to an activating group) is 1. The smallest absolute Gasteiger partial charge is 0.0292 e. The Labute approximate surface area is 85.8 Å². The molecule has 0 aromatic heterocycles. The lowest BCUT2D eigenvalue weighted by atomic mass is 9.99. The van der Waals surface area contributed by atoms with Crippen LogP contribution < -0.4 is 5.32 Å². The van der Waals surface area contributed by atoms with E-state index in [0.717, 1.165) is 6.42 Å². The second-order valence-corrected chi connectivity index (χ2v) is 4.03. The van der Waals surface area contributed by atoms with E-state index in [1.54, 1.807) is 0 Å². The summed E-state index contributed by atoms with van der Waals surface area (Å²) >= 11 is 0. The molecule has 0 bridgehead atoms. The van der Waals surface area contributed by atoms with Crippen LogP contribution >= 0.6 is 0 Å². The molecule has 1 unspecified atom stereocenters. The molecule has 14 heavy (non-hydrogen) atoms. The molecule has 74 valence electrons. The molecule has 1 N–H and O–H groups in total. The first kappa shape index (κ1) is 9.47. The quantitative estimate of drug-likeness (QED) is 0.750. The van der Waals surface area contributed by atoms with Gasteiger partial charge in [-0.05, 0) is 44.0 Å². The van der Waals surface area contributed by atoms with Crippen molar-refractivity contribution in [2.45, 2.75) is 26.3 Å². The van der Waals surface area contributed by atoms with E-state index in [1.807, 2.05) is 7.05 Å². The van der Waals surface area contributed by atoms with Crippen LogP contribution in [0.1, 0.15) is 23.6 Å². The summed E-state index contributed by atoms with van der Waals surface area (Å²) in [5.74, 6) is 0. The van der Waals surface area contributed by atoms with Gasteiger partial charge in [-0.3, -0.25) is 0 Å². The van der Waals surface area contributed by atoms with E-state index >= 15 is 0 Å². The highest BCUT2D eigenvalue weighted by molar-refractivity contribution is 5.76. The third-order valence-corrected chi connectivity index (χ3v) is 3.02. The molecule has 1 atom stereocenters. The summed E-state index contributed by atoms with van der Waals surface area (Å²) < 4.78 is 0. The number of rotatable bonds is 2. The third kappa shape index (κ3) is 1.48. The zero-order valence-corrected chi connectivity index (χ0v) is 9.09. The molecule has 0 saturated carbocycles. The monoisotopic (exact) mass is 187 g/mol. The lowest BCUT2D eigenvalue weighted by Gasteiger charge is -2.14. The molecule has 0 fully saturated rings. The van der Waals surface area contributed by atoms with Gasteiger partial charge in [0, 0.05) is 6.04 Å². The molecule has 1 aliphatic carbocycles. The van der Waals surface area contributed by atoms with Crippen LogP contribution in [-0.2, 0) is 6.42 Å². The van der Waals surface area contributed by atoms with E-state index in [-0.39, 0.29) is 0 Å². The maximum Gasteiger partial charge on any atom is 0.0292 e. The predicted octanol–water partition coefficient (Wildman–Crippen LogP) is 2.54. The summed E-state index contributed by atoms with van der Waals surface area (Å²) in [4.78, 5) is 0. The van der Waals surface area contributed by atoms with Crippen molar-refractivity contribution in [3.63, 3.8) is 0 Å². The summed E-state index contributed by atoms with van der Waals surface area (Å²) in [6.45, 7) is 4.36. The first-order valence-electron chi connectivity index (χ1n) is 5.19. The van der Waals surface area contributed by atoms with Gasteiger partial charge in [0.1, 0.15) is 0 Å². The highest BCUT2D eigenvalue weighted by Crippen LogP contribution is 2.30. The Hall–Kier alpha value is -1.08. The Bertz CT molecular complexity index is 377. The summed E-state index contributed by atoms with van der Waals surface area (Å²) in [6.07, 6.45) is 3.43. The summed E-state index contributed by atoms with van der Waals surface area (Å²) in [6, 6.07) is 7.19. The molecule has 1 aliphatic rings. The minimum atomic E-state index is 0.457. The van der Waals surface area contributed by atoms with E-state index < -0.39 is 0 Å². The van der Waals surface area contributed by atoms with E-state index in [1.165, 1.54) is 22.3 Å². The molecule has 2 rings (SSSR count). The maximum absolute atomic E-state index is 3.30. The first-order chi connectivity index (χ1) is 6.72. The Morgan fingerprint density at radius 1 is 1.36 bits per heavy atom. The Morgan fingerprint density at radius 2 is 2.14 bits per heavy atom. The van der Waals surface area contributed by atoms with Crippen molar-refractivity contribution >= 4 is 5.57 Å². The van der Waals surface area contributed by atoms with Crippen molar-refractivity contribution in [1.82, 2.24) is 5.32 Å². The number of fused-ring (bicyclic) bond motifs is 1. The fourth-order valence-electron chi connectivity index (χ4n) is 2.03. The van der Waals surface area contributed by atoms with Crippen LogP contribution in [0.25, 0.3) is 5.57 Å². The molecular weight excluding hydrogens is 170 g/mol. The molecule has 1 aromatic rings. The second kappa shape index (κ2) is 3.58. The Balaban J connectivity index is 2.40. The fourth-order valence-corrected chi connectivity index (χ4v) is 2.03. The van der Waals surface area contributed by atoms with Crippen molar-refractivity contribution in [3.05, 3.63) is 41.0 Å². The van der Waals surface area contributed by atoms with E-state index in [9.17, 15) is 0 Å². The lowest BCUT2D eigenvalue weighted by molar-refractivity contribution is 0.745. The molecule has 0 aliphatic heterocycles. The van der Waals surface area contributed by atoms with Crippen LogP contribution in [0.15, 0.2) is 24.3 Å². The zero-order chi connectivity index (χ0) is 10.1. The van der Waals surface area contributed by atoms with Gasteiger partial charge in [-0.25, -0.2) is 0 Å². The van der Waals surface area contributed by atoms with Gasteiger partial charge >= 0.3 is 0 Å². The molecule has 1 nitrogen and oxygen atoms in total. The predicted molar refractivity (Wildman–Crippen MR) is 61.4 cm³/mol. The molecule has 0 spiro atoms. The van der Waals surface area contributed by atoms with Gasteiger partial charge in [0.05, 0.1) is 0 Å². The topological polar surface area (TPSA) is 12.0 Å². The highest BCUT2D eigenvalue weighted by atomic mass is 14.9. The van der Waals surface area contributed by atoms with Crippen molar-refractivity contribution in [2.75, 3.05) is 7.05 Å². The van der Waals surface area contributed by atoms with Crippen molar-refractivity contribution in [3.8, 4) is 0 Å². The highest BCUT2D eigenvalue weighted by Gasteiger charge is 2.17. The Morgan fingerprint density at radius 3 is 2.86 bits per heavy atom. The number of hydrogen-bond donors (Lipinski definition) is 1. The molecule has 0 heterocycles. The molecule has 1 heteroatoms. The van der Waals surface area contributed by atoms with Gasteiger partial charge in [0.15, 0.2) is 0 Å². The van der Waals surface area contributed by atoms with Crippen LogP contribution in [0.4, 0.5) is 0 Å². The van der Waals surface area contributed by atoms with Gasteiger partial charge in [-0.1, -0.05) is 29.8 Å². The van der Waals surface area contributed by atoms with Gasteiger partial charge < -0.3 is 5.32 Å². The van der Waals surface area contributed by atoms with Crippen molar-refractivity contribution in [1.29, 1.82) is 0 Å². The van der Waals surface area contributed by atoms with Gasteiger partial charge in [-0.2, -0.15) is 0 Å². The van der Waals surface area contributed by atoms with E-state index in [2.05, 4.69) is 43.4 Å². The Kier molecular flexibility index (Phi) is 2.42. The largest absolute Gasteiger partial charge is 0.313 e. The fraction of sp³-hybridized carbons (Fsp3) is 0.385. The van der Waals surface area contributed by atoms with Crippen molar-refractivity contribution in [2.24, 2.45) is 0 Å². The first-order valence-corrected chi connectivity index (χ1v) is 5.19. The third-order valence-electron chi connectivity index (χ3n) is 3.02. The second-order valence-electron chi connectivity index (χ2n) is 4.03. The normalized spacial score (nSPS) is 16.4. The zero-order valence-electron chi connectivity index (χ0n) is 9.09. The summed E-state index contributed by atoms with van der Waals surface area (Å²) in [5, 5.41) is 3.30. The van der Waals surface area contributed by atoms with E-state index in [0.29, 0.717) is 6.04 Å². The number of aryl methyl sites for hydroxylation is 1. The molecule has 1 aromatic carbocycles. The maximum atomic E-state index is 3.30. The standard InChI is InChI=1S/C13H17N/c1-9-4-5-11-6-7-12(10(2)14-3)13(11)8-9/h4-5,7-8,10,14H,6H2,1-3H3. The average Bonchev–Trinajstić information content (AvgIpc) is 2.59. The van der Waals surface area contributed by atoms with Gasteiger partial charge in [-0.15, -0.1) is 0 Å². The molecule has 0 saturated heterocycles.